The fraction of sp³-hybridized carbons (Fsp3) is 0.909. The Hall–Kier alpha value is -0.650. The average Bonchev–Trinajstić information content (AvgIpc) is 2.27. The Morgan fingerprint density at radius 2 is 1.75 bits per heavy atom. The Labute approximate surface area is 97.4 Å². The third kappa shape index (κ3) is 7.62. The molecule has 0 heterocycles. The van der Waals surface area contributed by atoms with Crippen molar-refractivity contribution in [3.8, 4) is 0 Å². The number of hydrogen-bond donors (Lipinski definition) is 1. The summed E-state index contributed by atoms with van der Waals surface area (Å²) >= 11 is 0. The lowest BCUT2D eigenvalue weighted by atomic mass is 10.2. The number of esters is 1. The van der Waals surface area contributed by atoms with Crippen LogP contribution in [0.1, 0.15) is 13.8 Å². The summed E-state index contributed by atoms with van der Waals surface area (Å²) in [6.45, 7) is 6.26. The van der Waals surface area contributed by atoms with E-state index in [9.17, 15) is 4.79 Å². The Bertz CT molecular complexity index is 185. The van der Waals surface area contributed by atoms with Gasteiger partial charge in [0.25, 0.3) is 0 Å². The molecule has 0 aliphatic carbocycles. The van der Waals surface area contributed by atoms with Crippen LogP contribution in [0.4, 0.5) is 0 Å². The second-order valence-corrected chi connectivity index (χ2v) is 3.91. The third-order valence-corrected chi connectivity index (χ3v) is 1.94. The van der Waals surface area contributed by atoms with Crippen LogP contribution in [0.3, 0.4) is 0 Å². The zero-order valence-corrected chi connectivity index (χ0v) is 10.6. The standard InChI is InChI=1S/C11H23NO4/c1-9(2)7-15-5-6-16-8-10(12-3)11(13)14-4/h9-10,12H,5-8H2,1-4H3. The first-order valence-electron chi connectivity index (χ1n) is 5.52. The van der Waals surface area contributed by atoms with Crippen LogP contribution in [-0.2, 0) is 19.0 Å². The molecule has 5 heteroatoms. The van der Waals surface area contributed by atoms with Gasteiger partial charge in [0, 0.05) is 6.61 Å². The molecule has 0 spiro atoms. The molecule has 0 aliphatic heterocycles. The number of carbonyl (C=O) groups is 1. The van der Waals surface area contributed by atoms with Gasteiger partial charge in [-0.05, 0) is 13.0 Å². The zero-order chi connectivity index (χ0) is 12.4. The van der Waals surface area contributed by atoms with E-state index in [1.165, 1.54) is 7.11 Å². The lowest BCUT2D eigenvalue weighted by molar-refractivity contribution is -0.144. The maximum absolute atomic E-state index is 11.2. The highest BCUT2D eigenvalue weighted by Gasteiger charge is 2.16. The van der Waals surface area contributed by atoms with Crippen molar-refractivity contribution in [1.82, 2.24) is 5.32 Å². The van der Waals surface area contributed by atoms with Gasteiger partial charge in [0.05, 0.1) is 26.9 Å². The Morgan fingerprint density at radius 1 is 1.19 bits per heavy atom. The minimum absolute atomic E-state index is 0.300. The summed E-state index contributed by atoms with van der Waals surface area (Å²) in [4.78, 5) is 11.2. The van der Waals surface area contributed by atoms with Gasteiger partial charge in [0.15, 0.2) is 0 Å². The molecule has 16 heavy (non-hydrogen) atoms. The predicted molar refractivity (Wildman–Crippen MR) is 61.3 cm³/mol. The van der Waals surface area contributed by atoms with E-state index >= 15 is 0 Å². The molecule has 0 bridgehead atoms. The van der Waals surface area contributed by atoms with E-state index < -0.39 is 6.04 Å². The molecular formula is C11H23NO4. The first-order chi connectivity index (χ1) is 7.61. The number of nitrogens with one attached hydrogen (secondary N) is 1. The molecule has 0 radical (unpaired) electrons. The van der Waals surface area contributed by atoms with Crippen molar-refractivity contribution in [2.45, 2.75) is 19.9 Å². The van der Waals surface area contributed by atoms with Crippen molar-refractivity contribution in [3.63, 3.8) is 0 Å². The van der Waals surface area contributed by atoms with E-state index in [4.69, 9.17) is 9.47 Å². The summed E-state index contributed by atoms with van der Waals surface area (Å²) in [5, 5.41) is 2.82. The highest BCUT2D eigenvalue weighted by atomic mass is 16.5. The lowest BCUT2D eigenvalue weighted by Crippen LogP contribution is -2.39. The van der Waals surface area contributed by atoms with Gasteiger partial charge in [-0.15, -0.1) is 0 Å². The van der Waals surface area contributed by atoms with Crippen LogP contribution in [0.15, 0.2) is 0 Å². The Morgan fingerprint density at radius 3 is 2.19 bits per heavy atom. The van der Waals surface area contributed by atoms with Crippen LogP contribution in [0.25, 0.3) is 0 Å². The van der Waals surface area contributed by atoms with E-state index in [-0.39, 0.29) is 5.97 Å². The SMILES string of the molecule is CNC(COCCOCC(C)C)C(=O)OC. The molecule has 0 saturated carbocycles. The van der Waals surface area contributed by atoms with Gasteiger partial charge in [-0.1, -0.05) is 13.8 Å². The van der Waals surface area contributed by atoms with Gasteiger partial charge in [-0.2, -0.15) is 0 Å². The maximum Gasteiger partial charge on any atom is 0.325 e. The number of rotatable bonds is 9. The number of hydrogen-bond acceptors (Lipinski definition) is 5. The van der Waals surface area contributed by atoms with Crippen molar-refractivity contribution in [1.29, 1.82) is 0 Å². The smallest absolute Gasteiger partial charge is 0.325 e. The predicted octanol–water partition coefficient (Wildman–Crippen LogP) is 0.437. The molecule has 1 atom stereocenters. The van der Waals surface area contributed by atoms with E-state index in [0.29, 0.717) is 25.7 Å². The lowest BCUT2D eigenvalue weighted by Gasteiger charge is -2.14. The normalized spacial score (nSPS) is 12.8. The van der Waals surface area contributed by atoms with E-state index in [1.807, 2.05) is 0 Å². The second kappa shape index (κ2) is 9.57. The molecule has 0 aromatic rings. The van der Waals surface area contributed by atoms with Crippen molar-refractivity contribution in [2.75, 3.05) is 40.6 Å². The molecule has 0 saturated heterocycles. The molecule has 5 nitrogen and oxygen atoms in total. The summed E-state index contributed by atoms with van der Waals surface area (Å²) < 4.78 is 15.2. The van der Waals surface area contributed by atoms with Gasteiger partial charge >= 0.3 is 5.97 Å². The van der Waals surface area contributed by atoms with Crippen LogP contribution >= 0.6 is 0 Å². The fourth-order valence-corrected chi connectivity index (χ4v) is 1.05. The highest BCUT2D eigenvalue weighted by molar-refractivity contribution is 5.75. The molecule has 0 aromatic carbocycles. The van der Waals surface area contributed by atoms with E-state index in [1.54, 1.807) is 7.05 Å². The van der Waals surface area contributed by atoms with Crippen LogP contribution in [0.2, 0.25) is 0 Å². The minimum Gasteiger partial charge on any atom is -0.468 e. The monoisotopic (exact) mass is 233 g/mol. The fourth-order valence-electron chi connectivity index (χ4n) is 1.05. The first kappa shape index (κ1) is 15.3. The second-order valence-electron chi connectivity index (χ2n) is 3.91. The Kier molecular flexibility index (Phi) is 9.18. The van der Waals surface area contributed by atoms with Crippen molar-refractivity contribution >= 4 is 5.97 Å². The molecule has 0 rings (SSSR count). The van der Waals surface area contributed by atoms with Gasteiger partial charge in [0.1, 0.15) is 6.04 Å². The highest BCUT2D eigenvalue weighted by Crippen LogP contribution is 1.93. The summed E-state index contributed by atoms with van der Waals surface area (Å²) in [5.41, 5.74) is 0. The summed E-state index contributed by atoms with van der Waals surface area (Å²) in [5.74, 6) is 0.214. The van der Waals surface area contributed by atoms with Crippen LogP contribution in [-0.4, -0.2) is 52.6 Å². The number of ether oxygens (including phenoxy) is 3. The molecule has 1 N–H and O–H groups in total. The quantitative estimate of drug-likeness (QED) is 0.462. The maximum atomic E-state index is 11.2. The summed E-state index contributed by atoms with van der Waals surface area (Å²) in [6, 6.07) is -0.407. The van der Waals surface area contributed by atoms with Crippen LogP contribution < -0.4 is 5.32 Å². The molecule has 0 amide bonds. The van der Waals surface area contributed by atoms with Crippen molar-refractivity contribution in [2.24, 2.45) is 5.92 Å². The van der Waals surface area contributed by atoms with Gasteiger partial charge in [-0.25, -0.2) is 0 Å². The van der Waals surface area contributed by atoms with Crippen LogP contribution in [0, 0.1) is 5.92 Å². The van der Waals surface area contributed by atoms with E-state index in [0.717, 1.165) is 6.61 Å². The third-order valence-electron chi connectivity index (χ3n) is 1.94. The number of methoxy groups -OCH3 is 1. The molecule has 0 fully saturated rings. The minimum atomic E-state index is -0.407. The van der Waals surface area contributed by atoms with Gasteiger partial charge < -0.3 is 19.5 Å². The molecule has 96 valence electrons. The molecule has 0 aromatic heterocycles. The largest absolute Gasteiger partial charge is 0.468 e. The average molecular weight is 233 g/mol. The van der Waals surface area contributed by atoms with Gasteiger partial charge in [0.2, 0.25) is 0 Å². The van der Waals surface area contributed by atoms with Gasteiger partial charge in [-0.3, -0.25) is 4.79 Å². The molecule has 0 aliphatic rings. The molecular weight excluding hydrogens is 210 g/mol. The summed E-state index contributed by atoms with van der Waals surface area (Å²) in [6.07, 6.45) is 0. The first-order valence-corrected chi connectivity index (χ1v) is 5.52. The number of likely N-dealkylation sites (N-methyl/N-ethyl adjacent to an activating group) is 1. The summed E-state index contributed by atoms with van der Waals surface area (Å²) in [7, 11) is 3.05. The Balaban J connectivity index is 3.45. The van der Waals surface area contributed by atoms with Crippen molar-refractivity contribution in [3.05, 3.63) is 0 Å². The zero-order valence-electron chi connectivity index (χ0n) is 10.6. The van der Waals surface area contributed by atoms with Crippen molar-refractivity contribution < 1.29 is 19.0 Å². The molecule has 1 unspecified atom stereocenters. The van der Waals surface area contributed by atoms with E-state index in [2.05, 4.69) is 23.9 Å². The topological polar surface area (TPSA) is 56.8 Å². The van der Waals surface area contributed by atoms with Crippen LogP contribution in [0.5, 0.6) is 0 Å². The number of carbonyl (C=O) groups excluding carboxylic acids is 1.